The zero-order valence-electron chi connectivity index (χ0n) is 4.83. The number of hydrogen-bond donors (Lipinski definition) is 1. The van der Waals surface area contributed by atoms with Crippen molar-refractivity contribution in [1.82, 2.24) is 0 Å². The Kier molecular flexibility index (Phi) is 1.39. The summed E-state index contributed by atoms with van der Waals surface area (Å²) in [4.78, 5) is 0. The van der Waals surface area contributed by atoms with E-state index >= 15 is 0 Å². The number of hydrogen-bond acceptors (Lipinski definition) is 3. The third-order valence-corrected chi connectivity index (χ3v) is 1.24. The van der Waals surface area contributed by atoms with Gasteiger partial charge < -0.3 is 5.73 Å². The summed E-state index contributed by atoms with van der Waals surface area (Å²) in [7, 11) is 0. The van der Waals surface area contributed by atoms with Gasteiger partial charge in [0.25, 0.3) is 0 Å². The van der Waals surface area contributed by atoms with Gasteiger partial charge in [-0.25, -0.2) is 0 Å². The summed E-state index contributed by atoms with van der Waals surface area (Å²) in [5.74, 6) is 0. The zero-order chi connectivity index (χ0) is 5.98. The van der Waals surface area contributed by atoms with Crippen molar-refractivity contribution in [1.29, 1.82) is 0 Å². The molecule has 1 aliphatic heterocycles. The van der Waals surface area contributed by atoms with E-state index in [0.717, 1.165) is 5.57 Å². The van der Waals surface area contributed by atoms with Crippen LogP contribution in [0.25, 0.3) is 0 Å². The highest BCUT2D eigenvalue weighted by Gasteiger charge is 2.08. The molecular weight excluding hydrogens is 102 g/mol. The first-order valence-corrected chi connectivity index (χ1v) is 2.63. The van der Waals surface area contributed by atoms with Gasteiger partial charge in [-0.2, -0.15) is 10.2 Å². The van der Waals surface area contributed by atoms with E-state index in [0.29, 0.717) is 6.54 Å². The van der Waals surface area contributed by atoms with E-state index in [1.807, 2.05) is 6.92 Å². The van der Waals surface area contributed by atoms with Crippen LogP contribution in [0.4, 0.5) is 0 Å². The molecule has 3 nitrogen and oxygen atoms in total. The Morgan fingerprint density at radius 3 is 2.88 bits per heavy atom. The summed E-state index contributed by atoms with van der Waals surface area (Å²) in [6.45, 7) is 2.56. The lowest BCUT2D eigenvalue weighted by atomic mass is 10.2. The molecule has 8 heavy (non-hydrogen) atoms. The molecule has 1 aliphatic rings. The van der Waals surface area contributed by atoms with Crippen LogP contribution in [-0.4, -0.2) is 12.6 Å². The van der Waals surface area contributed by atoms with Crippen LogP contribution < -0.4 is 5.73 Å². The second-order valence-electron chi connectivity index (χ2n) is 1.82. The van der Waals surface area contributed by atoms with Gasteiger partial charge in [-0.15, -0.1) is 0 Å². The van der Waals surface area contributed by atoms with Crippen molar-refractivity contribution in [3.63, 3.8) is 0 Å². The van der Waals surface area contributed by atoms with Crippen molar-refractivity contribution in [2.45, 2.75) is 13.0 Å². The van der Waals surface area contributed by atoms with Crippen LogP contribution in [0, 0.1) is 0 Å². The lowest BCUT2D eigenvalue weighted by Crippen LogP contribution is -2.10. The Balaban J connectivity index is 2.59. The van der Waals surface area contributed by atoms with Gasteiger partial charge in [-0.3, -0.25) is 0 Å². The minimum Gasteiger partial charge on any atom is -0.327 e. The van der Waals surface area contributed by atoms with Crippen molar-refractivity contribution in [3.8, 4) is 0 Å². The highest BCUT2D eigenvalue weighted by Crippen LogP contribution is 2.11. The molecule has 1 heterocycles. The molecule has 0 fully saturated rings. The van der Waals surface area contributed by atoms with E-state index in [1.165, 1.54) is 0 Å². The van der Waals surface area contributed by atoms with Gasteiger partial charge in [0.2, 0.25) is 0 Å². The van der Waals surface area contributed by atoms with Crippen molar-refractivity contribution < 1.29 is 0 Å². The SMILES string of the molecule is C[C@H]1N=NC=C1CN. The molecule has 0 amide bonds. The smallest absolute Gasteiger partial charge is 0.0924 e. The Hall–Kier alpha value is -0.700. The first-order chi connectivity index (χ1) is 3.84. The minimum atomic E-state index is 0.222. The summed E-state index contributed by atoms with van der Waals surface area (Å²) < 4.78 is 0. The Labute approximate surface area is 48.3 Å². The standard InChI is InChI=1S/C5H9N3/c1-4-5(2-6)3-7-8-4/h3-4H,2,6H2,1H3/t4-/m1/s1. The van der Waals surface area contributed by atoms with E-state index in [2.05, 4.69) is 10.2 Å². The quantitative estimate of drug-likeness (QED) is 0.531. The molecule has 44 valence electrons. The summed E-state index contributed by atoms with van der Waals surface area (Å²) in [5.41, 5.74) is 6.45. The van der Waals surface area contributed by atoms with Crippen molar-refractivity contribution in [2.24, 2.45) is 16.0 Å². The molecule has 0 saturated heterocycles. The third-order valence-electron chi connectivity index (χ3n) is 1.24. The van der Waals surface area contributed by atoms with Gasteiger partial charge in [0.15, 0.2) is 0 Å². The highest BCUT2D eigenvalue weighted by atomic mass is 15.1. The van der Waals surface area contributed by atoms with Gasteiger partial charge >= 0.3 is 0 Å². The zero-order valence-corrected chi connectivity index (χ0v) is 4.83. The molecule has 0 aliphatic carbocycles. The molecule has 0 aromatic rings. The molecule has 0 bridgehead atoms. The first kappa shape index (κ1) is 5.44. The Morgan fingerprint density at radius 2 is 2.62 bits per heavy atom. The molecule has 0 radical (unpaired) electrons. The monoisotopic (exact) mass is 111 g/mol. The van der Waals surface area contributed by atoms with Crippen LogP contribution in [-0.2, 0) is 0 Å². The molecule has 0 saturated carbocycles. The minimum absolute atomic E-state index is 0.222. The molecule has 0 unspecified atom stereocenters. The summed E-state index contributed by atoms with van der Waals surface area (Å²) in [6.07, 6.45) is 1.73. The van der Waals surface area contributed by atoms with Crippen LogP contribution in [0.5, 0.6) is 0 Å². The molecular formula is C5H9N3. The maximum absolute atomic E-state index is 5.34. The number of azo groups is 1. The lowest BCUT2D eigenvalue weighted by molar-refractivity contribution is 0.827. The number of nitrogens with two attached hydrogens (primary N) is 1. The molecule has 0 aromatic carbocycles. The third kappa shape index (κ3) is 0.767. The van der Waals surface area contributed by atoms with E-state index in [9.17, 15) is 0 Å². The van der Waals surface area contributed by atoms with Gasteiger partial charge in [-0.05, 0) is 12.5 Å². The average molecular weight is 111 g/mol. The molecule has 1 rings (SSSR count). The first-order valence-electron chi connectivity index (χ1n) is 2.63. The second-order valence-corrected chi connectivity index (χ2v) is 1.82. The summed E-state index contributed by atoms with van der Waals surface area (Å²) in [6, 6.07) is 0.222. The van der Waals surface area contributed by atoms with Gasteiger partial charge in [0.1, 0.15) is 0 Å². The predicted molar refractivity (Wildman–Crippen MR) is 31.5 cm³/mol. The van der Waals surface area contributed by atoms with E-state index in [1.54, 1.807) is 6.20 Å². The van der Waals surface area contributed by atoms with E-state index < -0.39 is 0 Å². The maximum Gasteiger partial charge on any atom is 0.0924 e. The Bertz CT molecular complexity index is 137. The fourth-order valence-electron chi connectivity index (χ4n) is 0.613. The molecule has 3 heteroatoms. The van der Waals surface area contributed by atoms with Gasteiger partial charge in [0, 0.05) is 6.54 Å². The number of rotatable bonds is 1. The Morgan fingerprint density at radius 1 is 1.88 bits per heavy atom. The maximum atomic E-state index is 5.34. The molecule has 0 aromatic heterocycles. The average Bonchev–Trinajstić information content (AvgIpc) is 2.14. The summed E-state index contributed by atoms with van der Waals surface area (Å²) in [5, 5.41) is 7.54. The largest absolute Gasteiger partial charge is 0.327 e. The molecule has 2 N–H and O–H groups in total. The van der Waals surface area contributed by atoms with Crippen LogP contribution in [0.2, 0.25) is 0 Å². The van der Waals surface area contributed by atoms with Gasteiger partial charge in [0.05, 0.1) is 12.2 Å². The van der Waals surface area contributed by atoms with Crippen LogP contribution in [0.15, 0.2) is 22.0 Å². The van der Waals surface area contributed by atoms with Crippen molar-refractivity contribution in [3.05, 3.63) is 11.8 Å². The normalized spacial score (nSPS) is 26.2. The fourth-order valence-corrected chi connectivity index (χ4v) is 0.613. The predicted octanol–water partition coefficient (Wildman–Crippen LogP) is 0.683. The summed E-state index contributed by atoms with van der Waals surface area (Å²) >= 11 is 0. The van der Waals surface area contributed by atoms with Crippen LogP contribution >= 0.6 is 0 Å². The topological polar surface area (TPSA) is 50.7 Å². The molecule has 1 atom stereocenters. The highest BCUT2D eigenvalue weighted by molar-refractivity contribution is 5.13. The fraction of sp³-hybridized carbons (Fsp3) is 0.600. The van der Waals surface area contributed by atoms with Crippen molar-refractivity contribution >= 4 is 0 Å². The van der Waals surface area contributed by atoms with Crippen LogP contribution in [0.1, 0.15) is 6.92 Å². The van der Waals surface area contributed by atoms with Gasteiger partial charge in [-0.1, -0.05) is 0 Å². The lowest BCUT2D eigenvalue weighted by Gasteiger charge is -1.98. The van der Waals surface area contributed by atoms with E-state index in [-0.39, 0.29) is 6.04 Å². The van der Waals surface area contributed by atoms with E-state index in [4.69, 9.17) is 5.73 Å². The molecule has 0 spiro atoms. The van der Waals surface area contributed by atoms with Crippen molar-refractivity contribution in [2.75, 3.05) is 6.54 Å². The van der Waals surface area contributed by atoms with Crippen LogP contribution in [0.3, 0.4) is 0 Å². The number of nitrogens with zero attached hydrogens (tertiary/aromatic N) is 2. The second kappa shape index (κ2) is 2.05.